The number of thioether (sulfide) groups is 1. The summed E-state index contributed by atoms with van der Waals surface area (Å²) in [7, 11) is -3.80. The Morgan fingerprint density at radius 2 is 1.81 bits per heavy atom. The first-order valence-electron chi connectivity index (χ1n) is 7.87. The van der Waals surface area contributed by atoms with E-state index in [-0.39, 0.29) is 0 Å². The van der Waals surface area contributed by atoms with Crippen molar-refractivity contribution < 1.29 is 36.5 Å². The Labute approximate surface area is 156 Å². The number of carbonyl (C=O) groups is 3. The Bertz CT molecular complexity index is 724. The van der Waals surface area contributed by atoms with Gasteiger partial charge in [-0.15, -0.1) is 11.8 Å². The van der Waals surface area contributed by atoms with E-state index in [1.54, 1.807) is 34.6 Å². The maximum absolute atomic E-state index is 12.4. The minimum Gasteiger partial charge on any atom is -0.427 e. The highest BCUT2D eigenvalue weighted by atomic mass is 32.2. The van der Waals surface area contributed by atoms with Crippen LogP contribution in [0, 0.1) is 5.41 Å². The van der Waals surface area contributed by atoms with E-state index in [9.17, 15) is 22.8 Å². The molecule has 0 spiro atoms. The molecule has 0 unspecified atom stereocenters. The summed E-state index contributed by atoms with van der Waals surface area (Å²) in [6.07, 6.45) is -0.283. The van der Waals surface area contributed by atoms with Crippen LogP contribution in [0.1, 0.15) is 34.6 Å². The summed E-state index contributed by atoms with van der Waals surface area (Å²) in [4.78, 5) is 37.7. The van der Waals surface area contributed by atoms with Crippen LogP contribution in [-0.2, 0) is 38.2 Å². The highest BCUT2D eigenvalue weighted by Crippen LogP contribution is 2.52. The van der Waals surface area contributed by atoms with Gasteiger partial charge < -0.3 is 14.4 Å². The summed E-state index contributed by atoms with van der Waals surface area (Å²) in [5.41, 5.74) is -0.733. The lowest BCUT2D eigenvalue weighted by Gasteiger charge is -2.42. The van der Waals surface area contributed by atoms with Gasteiger partial charge in [-0.05, 0) is 34.6 Å². The third kappa shape index (κ3) is 4.15. The van der Waals surface area contributed by atoms with Crippen LogP contribution < -0.4 is 0 Å². The Kier molecular flexibility index (Phi) is 5.39. The van der Waals surface area contributed by atoms with Crippen LogP contribution in [0.15, 0.2) is 0 Å². The molecule has 0 aromatic heterocycles. The Balaban J connectivity index is 2.02. The molecule has 2 rings (SSSR count). The second kappa shape index (κ2) is 6.68. The fraction of sp³-hybridized carbons (Fsp3) is 0.800. The van der Waals surface area contributed by atoms with Crippen molar-refractivity contribution in [3.05, 3.63) is 0 Å². The van der Waals surface area contributed by atoms with Crippen molar-refractivity contribution in [2.45, 2.75) is 56.9 Å². The maximum atomic E-state index is 12.4. The highest BCUT2D eigenvalue weighted by Gasteiger charge is 2.65. The Hall–Kier alpha value is -1.33. The maximum Gasteiger partial charge on any atom is 0.333 e. The summed E-state index contributed by atoms with van der Waals surface area (Å²) >= 11 is 1.26. The van der Waals surface area contributed by atoms with Gasteiger partial charge in [-0.1, -0.05) is 0 Å². The Morgan fingerprint density at radius 3 is 2.31 bits per heavy atom. The van der Waals surface area contributed by atoms with Crippen LogP contribution >= 0.6 is 11.8 Å². The molecule has 26 heavy (non-hydrogen) atoms. The lowest BCUT2D eigenvalue weighted by Crippen LogP contribution is -2.66. The molecule has 0 radical (unpaired) electrons. The van der Waals surface area contributed by atoms with Gasteiger partial charge in [0.2, 0.25) is 6.79 Å². The summed E-state index contributed by atoms with van der Waals surface area (Å²) in [6.45, 7) is 7.93. The van der Waals surface area contributed by atoms with Gasteiger partial charge in [-0.3, -0.25) is 13.8 Å². The van der Waals surface area contributed by atoms with Gasteiger partial charge in [0.05, 0.1) is 11.7 Å². The van der Waals surface area contributed by atoms with E-state index >= 15 is 0 Å². The number of β-lactam (4-membered cyclic amide) rings is 1. The monoisotopic (exact) mass is 409 g/mol. The molecular weight excluding hydrogens is 386 g/mol. The number of hydrogen-bond acceptors (Lipinski definition) is 9. The van der Waals surface area contributed by atoms with E-state index in [0.29, 0.717) is 0 Å². The van der Waals surface area contributed by atoms with E-state index in [4.69, 9.17) is 13.7 Å². The molecule has 0 bridgehead atoms. The minimum absolute atomic E-state index is 0.523. The van der Waals surface area contributed by atoms with Crippen LogP contribution in [-0.4, -0.2) is 66.5 Å². The third-order valence-electron chi connectivity index (χ3n) is 3.90. The normalized spacial score (nSPS) is 27.5. The number of carbonyl (C=O) groups excluding carboxylic acids is 3. The summed E-state index contributed by atoms with van der Waals surface area (Å²) in [6, 6.07) is -0.933. The van der Waals surface area contributed by atoms with Crippen molar-refractivity contribution >= 4 is 39.7 Å². The second-order valence-corrected chi connectivity index (χ2v) is 11.1. The van der Waals surface area contributed by atoms with E-state index in [1.165, 1.54) is 16.7 Å². The van der Waals surface area contributed by atoms with E-state index in [1.807, 2.05) is 0 Å². The quantitative estimate of drug-likeness (QED) is 0.277. The molecule has 2 saturated heterocycles. The van der Waals surface area contributed by atoms with Crippen LogP contribution in [0.25, 0.3) is 0 Å². The van der Waals surface area contributed by atoms with Crippen LogP contribution in [0.4, 0.5) is 0 Å². The van der Waals surface area contributed by atoms with E-state index < -0.39 is 62.4 Å². The molecule has 1 amide bonds. The van der Waals surface area contributed by atoms with Crippen molar-refractivity contribution in [3.63, 3.8) is 0 Å². The summed E-state index contributed by atoms with van der Waals surface area (Å²) in [5, 5.41) is -0.595. The van der Waals surface area contributed by atoms with Crippen molar-refractivity contribution in [3.8, 4) is 0 Å². The predicted octanol–water partition coefficient (Wildman–Crippen LogP) is 0.484. The smallest absolute Gasteiger partial charge is 0.333 e. The number of hydrogen-bond donors (Lipinski definition) is 0. The zero-order chi connectivity index (χ0) is 20.1. The zero-order valence-electron chi connectivity index (χ0n) is 15.5. The lowest BCUT2D eigenvalue weighted by atomic mass is 9.97. The molecule has 0 N–H and O–H groups in total. The first kappa shape index (κ1) is 21.0. The van der Waals surface area contributed by atoms with Gasteiger partial charge in [-0.2, -0.15) is 8.42 Å². The number of nitrogens with zero attached hydrogens (tertiary/aromatic N) is 1. The van der Waals surface area contributed by atoms with Gasteiger partial charge in [0.1, 0.15) is 11.4 Å². The second-order valence-electron chi connectivity index (χ2n) is 7.74. The number of amides is 1. The minimum atomic E-state index is -3.80. The third-order valence-corrected chi connectivity index (χ3v) is 6.00. The van der Waals surface area contributed by atoms with Crippen LogP contribution in [0.2, 0.25) is 0 Å². The fourth-order valence-corrected chi connectivity index (χ4v) is 4.90. The zero-order valence-corrected chi connectivity index (χ0v) is 17.1. The molecule has 2 fully saturated rings. The molecule has 148 valence electrons. The largest absolute Gasteiger partial charge is 0.427 e. The number of rotatable bonds is 5. The average Bonchev–Trinajstić information content (AvgIpc) is 2.71. The molecule has 2 aliphatic rings. The van der Waals surface area contributed by atoms with Crippen molar-refractivity contribution in [2.75, 3.05) is 13.0 Å². The van der Waals surface area contributed by atoms with Gasteiger partial charge in [-0.25, -0.2) is 4.79 Å². The molecule has 11 heteroatoms. The van der Waals surface area contributed by atoms with Gasteiger partial charge in [0.15, 0.2) is 6.10 Å². The van der Waals surface area contributed by atoms with Gasteiger partial charge in [0, 0.05) is 4.75 Å². The Morgan fingerprint density at radius 1 is 1.23 bits per heavy atom. The number of ether oxygens (including phenoxy) is 2. The molecule has 0 aromatic rings. The highest BCUT2D eigenvalue weighted by molar-refractivity contribution is 8.01. The standard InChI is InChI=1S/C15H23NO8S2/c1-14(2,3)13(19)23-7-22-12(18)9-15(4,5)25-11-8(10(17)16(9)11)24-26(6,20)21/h8-9,11H,7H2,1-6H3/t8-,9+,11-/m1/s1. The molecule has 2 aliphatic heterocycles. The van der Waals surface area contributed by atoms with E-state index in [0.717, 1.165) is 6.26 Å². The number of fused-ring (bicyclic) bond motifs is 1. The predicted molar refractivity (Wildman–Crippen MR) is 92.3 cm³/mol. The first-order valence-corrected chi connectivity index (χ1v) is 10.6. The summed E-state index contributed by atoms with van der Waals surface area (Å²) < 4.78 is 36.6. The molecule has 0 aromatic carbocycles. The topological polar surface area (TPSA) is 116 Å². The van der Waals surface area contributed by atoms with Crippen LogP contribution in [0.5, 0.6) is 0 Å². The molecular formula is C15H23NO8S2. The van der Waals surface area contributed by atoms with Crippen LogP contribution in [0.3, 0.4) is 0 Å². The van der Waals surface area contributed by atoms with Crippen molar-refractivity contribution in [2.24, 2.45) is 5.41 Å². The number of esters is 2. The van der Waals surface area contributed by atoms with Crippen molar-refractivity contribution in [1.29, 1.82) is 0 Å². The summed E-state index contributed by atoms with van der Waals surface area (Å²) in [5.74, 6) is -1.84. The molecule has 9 nitrogen and oxygen atoms in total. The van der Waals surface area contributed by atoms with Crippen molar-refractivity contribution in [1.82, 2.24) is 4.90 Å². The average molecular weight is 409 g/mol. The molecule has 3 atom stereocenters. The van der Waals surface area contributed by atoms with E-state index in [2.05, 4.69) is 0 Å². The van der Waals surface area contributed by atoms with Gasteiger partial charge >= 0.3 is 11.9 Å². The van der Waals surface area contributed by atoms with Gasteiger partial charge in [0.25, 0.3) is 16.0 Å². The lowest BCUT2D eigenvalue weighted by molar-refractivity contribution is -0.182. The first-order chi connectivity index (χ1) is 11.6. The molecule has 0 aliphatic carbocycles. The molecule has 0 saturated carbocycles. The SMILES string of the molecule is CC(C)(C)C(=O)OCOC(=O)[C@@H]1N2C(=O)[C@@H](OS(C)(=O)=O)[C@H]2SC1(C)C. The molecule has 2 heterocycles. The fourth-order valence-electron chi connectivity index (χ4n) is 2.67.